The molecule has 0 saturated heterocycles. The van der Waals surface area contributed by atoms with Crippen LogP contribution in [0.25, 0.3) is 0 Å². The van der Waals surface area contributed by atoms with Crippen molar-refractivity contribution in [3.8, 4) is 0 Å². The molecule has 0 aromatic carbocycles. The fourth-order valence-corrected chi connectivity index (χ4v) is 4.34. The highest BCUT2D eigenvalue weighted by Crippen LogP contribution is 2.19. The van der Waals surface area contributed by atoms with Gasteiger partial charge in [-0.15, -0.1) is 11.6 Å². The molecule has 0 aliphatic carbocycles. The van der Waals surface area contributed by atoms with Gasteiger partial charge in [-0.05, 0) is 12.8 Å². The lowest BCUT2D eigenvalue weighted by molar-refractivity contribution is 0.520. The summed E-state index contributed by atoms with van der Waals surface area (Å²) in [5.74, 6) is 0. The summed E-state index contributed by atoms with van der Waals surface area (Å²) in [4.78, 5) is 0. The van der Waals surface area contributed by atoms with E-state index in [2.05, 4.69) is 13.8 Å². The summed E-state index contributed by atoms with van der Waals surface area (Å²) < 4.78 is 0. The molecule has 0 fully saturated rings. The molecule has 0 aromatic heterocycles. The van der Waals surface area contributed by atoms with Crippen LogP contribution in [0.1, 0.15) is 162 Å². The molecule has 27 heavy (non-hydrogen) atoms. The molecule has 0 heterocycles. The number of hydrogen-bond donors (Lipinski definition) is 0. The van der Waals surface area contributed by atoms with Gasteiger partial charge in [0.25, 0.3) is 0 Å². The molecule has 0 rings (SSSR count). The standard InChI is InChI=1S/C26H53Cl/c1-3-5-7-9-11-13-14-15-17-19-21-23-25-26(27)24-22-20-18-16-12-10-8-6-4-2/h26H,3-25H2,1-2H3. The van der Waals surface area contributed by atoms with E-state index in [1.165, 1.54) is 148 Å². The van der Waals surface area contributed by atoms with Crippen molar-refractivity contribution < 1.29 is 0 Å². The molecule has 0 bridgehead atoms. The molecule has 0 aliphatic heterocycles. The summed E-state index contributed by atoms with van der Waals surface area (Å²) in [6.07, 6.45) is 32.4. The third-order valence-electron chi connectivity index (χ3n) is 5.99. The van der Waals surface area contributed by atoms with Crippen molar-refractivity contribution in [2.45, 2.75) is 167 Å². The smallest absolute Gasteiger partial charge is 0.0336 e. The molecule has 0 aliphatic rings. The van der Waals surface area contributed by atoms with Crippen LogP contribution in [0.4, 0.5) is 0 Å². The lowest BCUT2D eigenvalue weighted by atomic mass is 10.0. The van der Waals surface area contributed by atoms with Crippen molar-refractivity contribution in [3.05, 3.63) is 0 Å². The quantitative estimate of drug-likeness (QED) is 0.118. The molecule has 0 amide bonds. The molecule has 1 atom stereocenters. The third-order valence-corrected chi connectivity index (χ3v) is 6.43. The molecule has 0 spiro atoms. The molecule has 0 nitrogen and oxygen atoms in total. The first-order valence-corrected chi connectivity index (χ1v) is 13.4. The molecule has 0 N–H and O–H groups in total. The van der Waals surface area contributed by atoms with E-state index < -0.39 is 0 Å². The number of halogens is 1. The van der Waals surface area contributed by atoms with Crippen LogP contribution in [0.15, 0.2) is 0 Å². The van der Waals surface area contributed by atoms with Gasteiger partial charge in [-0.25, -0.2) is 0 Å². The molecular formula is C26H53Cl. The maximum Gasteiger partial charge on any atom is 0.0336 e. The highest BCUT2D eigenvalue weighted by atomic mass is 35.5. The Labute approximate surface area is 178 Å². The van der Waals surface area contributed by atoms with E-state index in [0.717, 1.165) is 0 Å². The van der Waals surface area contributed by atoms with Crippen LogP contribution in [0, 0.1) is 0 Å². The minimum atomic E-state index is 0.442. The predicted octanol–water partition coefficient (Wildman–Crippen LogP) is 10.6. The van der Waals surface area contributed by atoms with E-state index >= 15 is 0 Å². The monoisotopic (exact) mass is 400 g/mol. The molecule has 0 radical (unpaired) electrons. The van der Waals surface area contributed by atoms with Gasteiger partial charge in [-0.1, -0.05) is 149 Å². The maximum atomic E-state index is 6.51. The normalized spacial score (nSPS) is 12.6. The summed E-state index contributed by atoms with van der Waals surface area (Å²) in [6, 6.07) is 0. The Morgan fingerprint density at radius 2 is 0.593 bits per heavy atom. The van der Waals surface area contributed by atoms with Crippen LogP contribution in [0.2, 0.25) is 0 Å². The van der Waals surface area contributed by atoms with Crippen molar-refractivity contribution >= 4 is 11.6 Å². The Kier molecular flexibility index (Phi) is 24.6. The Balaban J connectivity index is 3.12. The van der Waals surface area contributed by atoms with E-state index in [9.17, 15) is 0 Å². The maximum absolute atomic E-state index is 6.51. The fourth-order valence-electron chi connectivity index (χ4n) is 4.03. The minimum Gasteiger partial charge on any atom is -0.123 e. The van der Waals surface area contributed by atoms with Gasteiger partial charge in [0, 0.05) is 5.38 Å². The van der Waals surface area contributed by atoms with Crippen molar-refractivity contribution in [1.82, 2.24) is 0 Å². The topological polar surface area (TPSA) is 0 Å². The van der Waals surface area contributed by atoms with Gasteiger partial charge < -0.3 is 0 Å². The molecule has 0 saturated carbocycles. The summed E-state index contributed by atoms with van der Waals surface area (Å²) in [6.45, 7) is 4.59. The molecule has 0 aromatic rings. The summed E-state index contributed by atoms with van der Waals surface area (Å²) in [5, 5.41) is 0.442. The summed E-state index contributed by atoms with van der Waals surface area (Å²) >= 11 is 6.51. The van der Waals surface area contributed by atoms with Gasteiger partial charge in [0.1, 0.15) is 0 Å². The van der Waals surface area contributed by atoms with Crippen LogP contribution >= 0.6 is 11.6 Å². The molecule has 164 valence electrons. The summed E-state index contributed by atoms with van der Waals surface area (Å²) in [5.41, 5.74) is 0. The van der Waals surface area contributed by atoms with E-state index in [4.69, 9.17) is 11.6 Å². The largest absolute Gasteiger partial charge is 0.123 e. The first-order valence-electron chi connectivity index (χ1n) is 12.9. The first-order chi connectivity index (χ1) is 13.3. The Bertz CT molecular complexity index is 251. The van der Waals surface area contributed by atoms with Gasteiger partial charge >= 0.3 is 0 Å². The Morgan fingerprint density at radius 3 is 0.852 bits per heavy atom. The second kappa shape index (κ2) is 24.3. The fraction of sp³-hybridized carbons (Fsp3) is 1.00. The molecule has 1 unspecified atom stereocenters. The van der Waals surface area contributed by atoms with Gasteiger partial charge in [-0.2, -0.15) is 0 Å². The lowest BCUT2D eigenvalue weighted by Gasteiger charge is -2.09. The van der Waals surface area contributed by atoms with Crippen LogP contribution in [0.5, 0.6) is 0 Å². The van der Waals surface area contributed by atoms with Crippen LogP contribution in [0.3, 0.4) is 0 Å². The number of hydrogen-bond acceptors (Lipinski definition) is 0. The van der Waals surface area contributed by atoms with Gasteiger partial charge in [0.15, 0.2) is 0 Å². The van der Waals surface area contributed by atoms with Gasteiger partial charge in [0.2, 0.25) is 0 Å². The van der Waals surface area contributed by atoms with Crippen LogP contribution in [-0.2, 0) is 0 Å². The van der Waals surface area contributed by atoms with Crippen LogP contribution < -0.4 is 0 Å². The van der Waals surface area contributed by atoms with Crippen molar-refractivity contribution in [3.63, 3.8) is 0 Å². The van der Waals surface area contributed by atoms with Gasteiger partial charge in [-0.3, -0.25) is 0 Å². The Hall–Kier alpha value is 0.290. The third kappa shape index (κ3) is 24.3. The predicted molar refractivity (Wildman–Crippen MR) is 127 cm³/mol. The number of unbranched alkanes of at least 4 members (excludes halogenated alkanes) is 19. The average Bonchev–Trinajstić information content (AvgIpc) is 2.67. The Morgan fingerprint density at radius 1 is 0.370 bits per heavy atom. The first kappa shape index (κ1) is 27.3. The zero-order valence-corrected chi connectivity index (χ0v) is 20.0. The van der Waals surface area contributed by atoms with Crippen molar-refractivity contribution in [2.75, 3.05) is 0 Å². The van der Waals surface area contributed by atoms with Crippen LogP contribution in [-0.4, -0.2) is 5.38 Å². The van der Waals surface area contributed by atoms with E-state index in [1.807, 2.05) is 0 Å². The van der Waals surface area contributed by atoms with E-state index in [0.29, 0.717) is 5.38 Å². The molecule has 1 heteroatoms. The van der Waals surface area contributed by atoms with E-state index in [-0.39, 0.29) is 0 Å². The SMILES string of the molecule is CCCCCCCCCCCCCCC(Cl)CCCCCCCCCCC. The lowest BCUT2D eigenvalue weighted by Crippen LogP contribution is -1.98. The van der Waals surface area contributed by atoms with Crippen molar-refractivity contribution in [1.29, 1.82) is 0 Å². The summed E-state index contributed by atoms with van der Waals surface area (Å²) in [7, 11) is 0. The highest BCUT2D eigenvalue weighted by molar-refractivity contribution is 6.20. The second-order valence-electron chi connectivity index (χ2n) is 8.89. The van der Waals surface area contributed by atoms with Gasteiger partial charge in [0.05, 0.1) is 0 Å². The molecular weight excluding hydrogens is 348 g/mol. The van der Waals surface area contributed by atoms with E-state index in [1.54, 1.807) is 0 Å². The zero-order chi connectivity index (χ0) is 19.8. The highest BCUT2D eigenvalue weighted by Gasteiger charge is 2.04. The van der Waals surface area contributed by atoms with Crippen molar-refractivity contribution in [2.24, 2.45) is 0 Å². The zero-order valence-electron chi connectivity index (χ0n) is 19.2. The minimum absolute atomic E-state index is 0.442. The second-order valence-corrected chi connectivity index (χ2v) is 9.51. The average molecular weight is 401 g/mol. The number of rotatable bonds is 23. The number of alkyl halides is 1.